The molecule has 7 heteroatoms. The minimum absolute atomic E-state index is 0.184. The molecule has 120 valence electrons. The quantitative estimate of drug-likeness (QED) is 0.725. The van der Waals surface area contributed by atoms with E-state index >= 15 is 0 Å². The first-order chi connectivity index (χ1) is 10.9. The maximum Gasteiger partial charge on any atom is 0.258 e. The summed E-state index contributed by atoms with van der Waals surface area (Å²) in [6.45, 7) is 1.90. The van der Waals surface area contributed by atoms with E-state index in [0.29, 0.717) is 16.3 Å². The fraction of sp³-hybridized carbons (Fsp3) is 0.125. The monoisotopic (exact) mass is 412 g/mol. The van der Waals surface area contributed by atoms with Crippen LogP contribution < -0.4 is 15.4 Å². The minimum Gasteiger partial charge on any atom is -0.496 e. The van der Waals surface area contributed by atoms with Crippen molar-refractivity contribution in [3.63, 3.8) is 0 Å². The van der Waals surface area contributed by atoms with Gasteiger partial charge >= 0.3 is 0 Å². The molecule has 2 aromatic rings. The maximum absolute atomic E-state index is 12.2. The third-order valence-corrected chi connectivity index (χ3v) is 4.14. The Kier molecular flexibility index (Phi) is 5.98. The Labute approximate surface area is 153 Å². The first kappa shape index (κ1) is 17.7. The van der Waals surface area contributed by atoms with Crippen molar-refractivity contribution in [1.29, 1.82) is 0 Å². The number of thiocarbonyl (C=S) groups is 1. The van der Waals surface area contributed by atoms with Gasteiger partial charge in [-0.1, -0.05) is 17.7 Å². The van der Waals surface area contributed by atoms with Gasteiger partial charge in [0.15, 0.2) is 5.11 Å². The lowest BCUT2D eigenvalue weighted by molar-refractivity contribution is 0.0978. The van der Waals surface area contributed by atoms with E-state index in [1.165, 1.54) is 0 Å². The topological polar surface area (TPSA) is 50.4 Å². The number of ether oxygens (including phenoxy) is 1. The third-order valence-electron chi connectivity index (χ3n) is 3.01. The highest BCUT2D eigenvalue weighted by Gasteiger charge is 2.12. The molecule has 2 aromatic carbocycles. The summed E-state index contributed by atoms with van der Waals surface area (Å²) in [5.74, 6) is 0.344. The fourth-order valence-corrected chi connectivity index (χ4v) is 2.95. The molecule has 0 fully saturated rings. The number of rotatable bonds is 3. The summed E-state index contributed by atoms with van der Waals surface area (Å²) in [4.78, 5) is 12.2. The van der Waals surface area contributed by atoms with E-state index in [1.807, 2.05) is 13.0 Å². The Bertz CT molecular complexity index is 768. The number of carbonyl (C=O) groups is 1. The highest BCUT2D eigenvalue weighted by Crippen LogP contribution is 2.27. The molecule has 0 bridgehead atoms. The average molecular weight is 414 g/mol. The van der Waals surface area contributed by atoms with E-state index in [1.54, 1.807) is 37.4 Å². The van der Waals surface area contributed by atoms with Crippen LogP contribution in [0.5, 0.6) is 5.75 Å². The lowest BCUT2D eigenvalue weighted by Gasteiger charge is -2.12. The van der Waals surface area contributed by atoms with Crippen molar-refractivity contribution >= 4 is 56.5 Å². The Hall–Kier alpha value is -1.63. The van der Waals surface area contributed by atoms with Crippen molar-refractivity contribution in [2.45, 2.75) is 6.92 Å². The number of nitrogens with one attached hydrogen (secondary N) is 2. The number of benzene rings is 2. The minimum atomic E-state index is -0.361. The zero-order valence-electron chi connectivity index (χ0n) is 12.4. The molecule has 0 aliphatic carbocycles. The molecular weight excluding hydrogens is 400 g/mol. The first-order valence-electron chi connectivity index (χ1n) is 6.62. The highest BCUT2D eigenvalue weighted by molar-refractivity contribution is 9.10. The van der Waals surface area contributed by atoms with Gasteiger partial charge in [-0.05, 0) is 71.0 Å². The largest absolute Gasteiger partial charge is 0.496 e. The number of amides is 1. The standard InChI is InChI=1S/C16H14BrClN2O2S/c1-9-3-5-11(13(18)7-9)15(21)20-16(23)19-10-4-6-14(22-2)12(17)8-10/h3-8H,1-2H3,(H2,19,20,21,23). The molecular formula is C16H14BrClN2O2S. The zero-order chi connectivity index (χ0) is 17.0. The molecule has 0 heterocycles. The second kappa shape index (κ2) is 7.77. The molecule has 1 amide bonds. The summed E-state index contributed by atoms with van der Waals surface area (Å²) in [5.41, 5.74) is 2.07. The van der Waals surface area contributed by atoms with Gasteiger partial charge in [-0.25, -0.2) is 0 Å². The van der Waals surface area contributed by atoms with Crippen molar-refractivity contribution in [1.82, 2.24) is 5.32 Å². The van der Waals surface area contributed by atoms with Crippen molar-refractivity contribution in [2.75, 3.05) is 12.4 Å². The van der Waals surface area contributed by atoms with Gasteiger partial charge in [-0.15, -0.1) is 0 Å². The van der Waals surface area contributed by atoms with Crippen LogP contribution in [0.3, 0.4) is 0 Å². The SMILES string of the molecule is COc1ccc(NC(=S)NC(=O)c2ccc(C)cc2Cl)cc1Br. The number of hydrogen-bond acceptors (Lipinski definition) is 3. The van der Waals surface area contributed by atoms with E-state index in [9.17, 15) is 4.79 Å². The van der Waals surface area contributed by atoms with Gasteiger partial charge in [-0.2, -0.15) is 0 Å². The molecule has 0 saturated heterocycles. The summed E-state index contributed by atoms with van der Waals surface area (Å²) < 4.78 is 5.94. The summed E-state index contributed by atoms with van der Waals surface area (Å²) >= 11 is 14.6. The number of aryl methyl sites for hydroxylation is 1. The summed E-state index contributed by atoms with van der Waals surface area (Å²) in [5, 5.41) is 6.11. The van der Waals surface area contributed by atoms with Gasteiger partial charge in [0.25, 0.3) is 5.91 Å². The molecule has 0 unspecified atom stereocenters. The lowest BCUT2D eigenvalue weighted by atomic mass is 10.1. The molecule has 0 aliphatic heterocycles. The average Bonchev–Trinajstić information content (AvgIpc) is 2.47. The Morgan fingerprint density at radius 2 is 2.00 bits per heavy atom. The van der Waals surface area contributed by atoms with Crippen LogP contribution in [-0.4, -0.2) is 18.1 Å². The summed E-state index contributed by atoms with van der Waals surface area (Å²) in [6.07, 6.45) is 0. The number of hydrogen-bond donors (Lipinski definition) is 2. The molecule has 0 aliphatic rings. The predicted octanol–water partition coefficient (Wildman–Crippen LogP) is 4.55. The lowest BCUT2D eigenvalue weighted by Crippen LogP contribution is -2.34. The van der Waals surface area contributed by atoms with Crippen LogP contribution in [0.2, 0.25) is 5.02 Å². The molecule has 2 N–H and O–H groups in total. The van der Waals surface area contributed by atoms with Gasteiger partial charge in [0.1, 0.15) is 5.75 Å². The molecule has 0 saturated carbocycles. The first-order valence-corrected chi connectivity index (χ1v) is 8.20. The van der Waals surface area contributed by atoms with E-state index < -0.39 is 0 Å². The van der Waals surface area contributed by atoms with Crippen molar-refractivity contribution in [2.24, 2.45) is 0 Å². The second-order valence-corrected chi connectivity index (χ2v) is 6.41. The molecule has 23 heavy (non-hydrogen) atoms. The Balaban J connectivity index is 2.04. The van der Waals surface area contributed by atoms with E-state index in [-0.39, 0.29) is 11.0 Å². The summed E-state index contributed by atoms with van der Waals surface area (Å²) in [7, 11) is 1.59. The normalized spacial score (nSPS) is 10.1. The fourth-order valence-electron chi connectivity index (χ4n) is 1.88. The molecule has 0 aromatic heterocycles. The Morgan fingerprint density at radius 3 is 2.61 bits per heavy atom. The third kappa shape index (κ3) is 4.67. The van der Waals surface area contributed by atoms with E-state index in [4.69, 9.17) is 28.6 Å². The van der Waals surface area contributed by atoms with Gasteiger partial charge in [-0.3, -0.25) is 10.1 Å². The van der Waals surface area contributed by atoms with Crippen LogP contribution in [0, 0.1) is 6.92 Å². The van der Waals surface area contributed by atoms with Crippen LogP contribution in [0.15, 0.2) is 40.9 Å². The molecule has 0 spiro atoms. The molecule has 0 radical (unpaired) electrons. The summed E-state index contributed by atoms with van der Waals surface area (Å²) in [6, 6.07) is 10.6. The second-order valence-electron chi connectivity index (χ2n) is 4.74. The number of halogens is 2. The number of carbonyl (C=O) groups excluding carboxylic acids is 1. The van der Waals surface area contributed by atoms with Crippen LogP contribution in [0.25, 0.3) is 0 Å². The van der Waals surface area contributed by atoms with Crippen LogP contribution in [0.4, 0.5) is 5.69 Å². The van der Waals surface area contributed by atoms with Gasteiger partial charge in [0.05, 0.1) is 22.2 Å². The molecule has 2 rings (SSSR count). The van der Waals surface area contributed by atoms with Crippen LogP contribution in [0.1, 0.15) is 15.9 Å². The van der Waals surface area contributed by atoms with Crippen molar-refractivity contribution < 1.29 is 9.53 Å². The molecule has 4 nitrogen and oxygen atoms in total. The zero-order valence-corrected chi connectivity index (χ0v) is 15.6. The molecule has 0 atom stereocenters. The Morgan fingerprint density at radius 1 is 1.26 bits per heavy atom. The highest BCUT2D eigenvalue weighted by atomic mass is 79.9. The number of anilines is 1. The van der Waals surface area contributed by atoms with Crippen LogP contribution >= 0.6 is 39.7 Å². The predicted molar refractivity (Wildman–Crippen MR) is 101 cm³/mol. The maximum atomic E-state index is 12.2. The number of methoxy groups -OCH3 is 1. The van der Waals surface area contributed by atoms with E-state index in [2.05, 4.69) is 26.6 Å². The van der Waals surface area contributed by atoms with Gasteiger partial charge in [0, 0.05) is 5.69 Å². The van der Waals surface area contributed by atoms with Crippen LogP contribution in [-0.2, 0) is 0 Å². The van der Waals surface area contributed by atoms with Crippen molar-refractivity contribution in [3.05, 3.63) is 57.0 Å². The van der Waals surface area contributed by atoms with Crippen molar-refractivity contribution in [3.8, 4) is 5.75 Å². The van der Waals surface area contributed by atoms with Gasteiger partial charge < -0.3 is 10.1 Å². The van der Waals surface area contributed by atoms with Gasteiger partial charge in [0.2, 0.25) is 0 Å². The smallest absolute Gasteiger partial charge is 0.258 e. The van der Waals surface area contributed by atoms with E-state index in [0.717, 1.165) is 15.7 Å².